The molecule has 2 heterocycles. The Morgan fingerprint density at radius 3 is 1.93 bits per heavy atom. The van der Waals surface area contributed by atoms with E-state index in [4.69, 9.17) is 0 Å². The third-order valence-electron chi connectivity index (χ3n) is 13.0. The van der Waals surface area contributed by atoms with Gasteiger partial charge in [-0.3, -0.25) is 0 Å². The summed E-state index contributed by atoms with van der Waals surface area (Å²) in [6.45, 7) is 7.03. The van der Waals surface area contributed by atoms with Gasteiger partial charge in [-0.1, -0.05) is 167 Å². The largest absolute Gasteiger partial charge is 0.376 e. The highest BCUT2D eigenvalue weighted by Gasteiger charge is 2.48. The molecule has 1 aliphatic carbocycles. The summed E-state index contributed by atoms with van der Waals surface area (Å²) in [5.74, 6) is 0. The van der Waals surface area contributed by atoms with Crippen molar-refractivity contribution in [3.63, 3.8) is 0 Å². The highest BCUT2D eigenvalue weighted by atomic mass is 15.2. The molecule has 0 radical (unpaired) electrons. The van der Waals surface area contributed by atoms with Gasteiger partial charge in [-0.05, 0) is 111 Å². The molecule has 0 amide bonds. The summed E-state index contributed by atoms with van der Waals surface area (Å²) in [4.78, 5) is 5.29. The van der Waals surface area contributed by atoms with E-state index in [1.165, 1.54) is 113 Å². The van der Waals surface area contributed by atoms with E-state index >= 15 is 0 Å². The van der Waals surface area contributed by atoms with E-state index in [1.807, 2.05) is 0 Å². The number of fused-ring (bicyclic) bond motifs is 8. The Hall–Kier alpha value is -6.58. The van der Waals surface area contributed by atoms with Crippen LogP contribution < -0.4 is 20.6 Å². The van der Waals surface area contributed by atoms with E-state index in [-0.39, 0.29) is 12.3 Å². The predicted molar refractivity (Wildman–Crippen MR) is 247 cm³/mol. The molecule has 0 bridgehead atoms. The number of rotatable bonds is 7. The molecule has 0 saturated carbocycles. The van der Waals surface area contributed by atoms with E-state index in [0.717, 1.165) is 6.42 Å². The molecule has 0 spiro atoms. The zero-order valence-corrected chi connectivity index (χ0v) is 33.4. The van der Waals surface area contributed by atoms with Crippen molar-refractivity contribution in [2.24, 2.45) is 0 Å². The predicted octanol–water partition coefficient (Wildman–Crippen LogP) is 13.4. The van der Waals surface area contributed by atoms with Crippen molar-refractivity contribution >= 4 is 46.2 Å². The van der Waals surface area contributed by atoms with Crippen LogP contribution in [-0.2, 0) is 11.8 Å². The van der Waals surface area contributed by atoms with E-state index in [1.54, 1.807) is 0 Å². The number of hydrogen-bond donors (Lipinski definition) is 0. The molecule has 3 aliphatic rings. The van der Waals surface area contributed by atoms with Crippen LogP contribution in [0.4, 0.5) is 28.4 Å². The summed E-state index contributed by atoms with van der Waals surface area (Å²) in [7, 11) is 0. The Kier molecular flexibility index (Phi) is 8.08. The van der Waals surface area contributed by atoms with Crippen LogP contribution in [0.5, 0.6) is 0 Å². The summed E-state index contributed by atoms with van der Waals surface area (Å²) in [5.41, 5.74) is 22.9. The van der Waals surface area contributed by atoms with Crippen molar-refractivity contribution in [3.05, 3.63) is 199 Å². The lowest BCUT2D eigenvalue weighted by Crippen LogP contribution is -2.61. The number of hydrogen-bond acceptors (Lipinski definition) is 2. The van der Waals surface area contributed by atoms with Gasteiger partial charge >= 0.3 is 6.85 Å². The first kappa shape index (κ1) is 34.7. The molecule has 8 aromatic carbocycles. The number of benzene rings is 8. The molecule has 0 aromatic heterocycles. The molecule has 11 rings (SSSR count). The monoisotopic (exact) mass is 744 g/mol. The summed E-state index contributed by atoms with van der Waals surface area (Å²) < 4.78 is 0. The first-order chi connectivity index (χ1) is 28.5. The Labute approximate surface area is 343 Å². The Bertz CT molecular complexity index is 2860. The van der Waals surface area contributed by atoms with Gasteiger partial charge in [-0.15, -0.1) is 0 Å². The normalized spacial score (nSPS) is 14.0. The molecule has 2 aliphatic heterocycles. The van der Waals surface area contributed by atoms with Crippen LogP contribution in [-0.4, -0.2) is 6.85 Å². The van der Waals surface area contributed by atoms with Gasteiger partial charge in [-0.25, -0.2) is 0 Å². The van der Waals surface area contributed by atoms with Crippen LogP contribution in [0.25, 0.3) is 44.5 Å². The summed E-state index contributed by atoms with van der Waals surface area (Å²) in [6.07, 6.45) is 3.40. The number of para-hydroxylation sites is 2. The van der Waals surface area contributed by atoms with Gasteiger partial charge in [0.2, 0.25) is 0 Å². The minimum atomic E-state index is -0.158. The number of aryl methyl sites for hydroxylation is 1. The molecule has 0 fully saturated rings. The maximum atomic E-state index is 2.68. The highest BCUT2D eigenvalue weighted by molar-refractivity contribution is 6.93. The molecule has 0 N–H and O–H groups in total. The van der Waals surface area contributed by atoms with Crippen LogP contribution in [0.1, 0.15) is 50.3 Å². The van der Waals surface area contributed by atoms with Gasteiger partial charge in [0.25, 0.3) is 0 Å². The first-order valence-corrected chi connectivity index (χ1v) is 21.0. The molecular weight excluding hydrogens is 699 g/mol. The number of anilines is 5. The van der Waals surface area contributed by atoms with E-state index < -0.39 is 0 Å². The minimum absolute atomic E-state index is 0.0662. The van der Waals surface area contributed by atoms with Gasteiger partial charge in [0.05, 0.1) is 11.4 Å². The Morgan fingerprint density at radius 2 is 1.17 bits per heavy atom. The lowest BCUT2D eigenvalue weighted by atomic mass is 9.43. The van der Waals surface area contributed by atoms with Gasteiger partial charge in [-0.2, -0.15) is 0 Å². The quantitative estimate of drug-likeness (QED) is 0.150. The van der Waals surface area contributed by atoms with Gasteiger partial charge < -0.3 is 9.71 Å². The second-order valence-corrected chi connectivity index (χ2v) is 16.7. The fourth-order valence-electron chi connectivity index (χ4n) is 10.3. The fraction of sp³-hybridized carbons (Fsp3) is 0.127. The summed E-state index contributed by atoms with van der Waals surface area (Å²) in [5, 5.41) is 0. The topological polar surface area (TPSA) is 6.48 Å². The SMILES string of the molecule is CCCCc1ccc(N2c3cc(-c4ccccc4)cc4c3B(c3ccc5c(c32)-c2ccccc2C5(C)C)N(c2ccccc2)c2ccccc2-4)c(-c2ccccc2)c1. The van der Waals surface area contributed by atoms with Crippen molar-refractivity contribution in [3.8, 4) is 44.5 Å². The third-order valence-corrected chi connectivity index (χ3v) is 13.0. The summed E-state index contributed by atoms with van der Waals surface area (Å²) in [6, 6.07) is 68.4. The maximum absolute atomic E-state index is 2.68. The Morgan fingerprint density at radius 1 is 0.500 bits per heavy atom. The zero-order valence-electron chi connectivity index (χ0n) is 33.4. The Balaban J connectivity index is 1.31. The van der Waals surface area contributed by atoms with E-state index in [0.29, 0.717) is 0 Å². The van der Waals surface area contributed by atoms with Crippen molar-refractivity contribution in [2.45, 2.75) is 45.4 Å². The molecule has 8 aromatic rings. The van der Waals surface area contributed by atoms with E-state index in [9.17, 15) is 0 Å². The maximum Gasteiger partial charge on any atom is 0.333 e. The fourth-order valence-corrected chi connectivity index (χ4v) is 10.3. The van der Waals surface area contributed by atoms with Crippen LogP contribution >= 0.6 is 0 Å². The van der Waals surface area contributed by atoms with Crippen molar-refractivity contribution in [1.82, 2.24) is 0 Å². The smallest absolute Gasteiger partial charge is 0.333 e. The minimum Gasteiger partial charge on any atom is -0.376 e. The van der Waals surface area contributed by atoms with Crippen LogP contribution in [0, 0.1) is 0 Å². The molecular formula is C55H45BN2. The number of unbranched alkanes of at least 4 members (excludes halogenated alkanes) is 1. The van der Waals surface area contributed by atoms with Gasteiger partial charge in [0.15, 0.2) is 0 Å². The van der Waals surface area contributed by atoms with Crippen molar-refractivity contribution < 1.29 is 0 Å². The molecule has 0 saturated heterocycles. The zero-order chi connectivity index (χ0) is 39.0. The highest BCUT2D eigenvalue weighted by Crippen LogP contribution is 2.57. The first-order valence-electron chi connectivity index (χ1n) is 21.0. The number of nitrogens with zero attached hydrogens (tertiary/aromatic N) is 2. The second kappa shape index (κ2) is 13.5. The van der Waals surface area contributed by atoms with Crippen molar-refractivity contribution in [1.29, 1.82) is 0 Å². The van der Waals surface area contributed by atoms with Gasteiger partial charge in [0.1, 0.15) is 0 Å². The lowest BCUT2D eigenvalue weighted by Gasteiger charge is -2.47. The molecule has 3 heteroatoms. The molecule has 278 valence electrons. The molecule has 58 heavy (non-hydrogen) atoms. The molecule has 0 atom stereocenters. The lowest BCUT2D eigenvalue weighted by molar-refractivity contribution is 0.660. The van der Waals surface area contributed by atoms with Gasteiger partial charge in [0, 0.05) is 39.2 Å². The average molecular weight is 745 g/mol. The molecule has 2 nitrogen and oxygen atoms in total. The van der Waals surface area contributed by atoms with Crippen molar-refractivity contribution in [2.75, 3.05) is 9.71 Å². The standard InChI is InChI=1S/C55H45BN2/c1-4-5-19-37-30-33-49(44(34-37)39-22-11-7-12-23-39)57-51-36-40(38-20-9-6-10-21-38)35-45-42-26-16-18-29-50(42)58(41-24-13-8-14-25-41)56(53(45)51)48-32-31-47-52(54(48)57)43-27-15-17-28-46(43)55(47,2)3/h6-18,20-36H,4-5,19H2,1-3H3. The average Bonchev–Trinajstić information content (AvgIpc) is 3.52. The second-order valence-electron chi connectivity index (χ2n) is 16.7. The summed E-state index contributed by atoms with van der Waals surface area (Å²) >= 11 is 0. The van der Waals surface area contributed by atoms with Crippen LogP contribution in [0.3, 0.4) is 0 Å². The van der Waals surface area contributed by atoms with Crippen LogP contribution in [0.2, 0.25) is 0 Å². The third kappa shape index (κ3) is 5.19. The molecule has 0 unspecified atom stereocenters. The van der Waals surface area contributed by atoms with Crippen LogP contribution in [0.15, 0.2) is 182 Å². The van der Waals surface area contributed by atoms with E-state index in [2.05, 4.69) is 212 Å².